The number of para-hydroxylation sites is 3. The zero-order valence-electron chi connectivity index (χ0n) is 26.5. The summed E-state index contributed by atoms with van der Waals surface area (Å²) in [6.07, 6.45) is 0. The summed E-state index contributed by atoms with van der Waals surface area (Å²) in [6, 6.07) is 51.3. The molecule has 11 rings (SSSR count). The lowest BCUT2D eigenvalue weighted by Gasteiger charge is -2.21. The van der Waals surface area contributed by atoms with Gasteiger partial charge in [0.15, 0.2) is 0 Å². The van der Waals surface area contributed by atoms with Gasteiger partial charge in [-0.3, -0.25) is 0 Å². The van der Waals surface area contributed by atoms with Crippen LogP contribution in [0.1, 0.15) is 25.0 Å². The number of hydrogen-bond acceptors (Lipinski definition) is 2. The van der Waals surface area contributed by atoms with E-state index in [1.807, 2.05) is 17.4 Å². The van der Waals surface area contributed by atoms with Gasteiger partial charge in [0.1, 0.15) is 11.2 Å². The van der Waals surface area contributed by atoms with Crippen molar-refractivity contribution in [3.63, 3.8) is 0 Å². The van der Waals surface area contributed by atoms with Crippen LogP contribution in [0.15, 0.2) is 144 Å². The molecule has 48 heavy (non-hydrogen) atoms. The van der Waals surface area contributed by atoms with Gasteiger partial charge < -0.3 is 8.98 Å². The van der Waals surface area contributed by atoms with Gasteiger partial charge in [-0.05, 0) is 70.3 Å². The van der Waals surface area contributed by atoms with E-state index in [1.165, 1.54) is 75.5 Å². The fraction of sp³-hybridized carbons (Fsp3) is 0.0667. The van der Waals surface area contributed by atoms with Crippen LogP contribution in [0, 0.1) is 0 Å². The smallest absolute Gasteiger partial charge is 0.143 e. The SMILES string of the molecule is CC1(C)c2ccccc2-c2cc3c4ccccc4n(-c4ccc5c(c4)sc4cccc(-c6cccc7c6oc6ccccc67)c45)c3cc21. The second-order valence-corrected chi connectivity index (χ2v) is 14.8. The van der Waals surface area contributed by atoms with Crippen LogP contribution in [0.25, 0.3) is 91.9 Å². The van der Waals surface area contributed by atoms with Crippen LogP contribution in [-0.4, -0.2) is 4.57 Å². The molecule has 3 aromatic heterocycles. The Morgan fingerprint density at radius 3 is 2.19 bits per heavy atom. The Labute approximate surface area is 281 Å². The van der Waals surface area contributed by atoms with Crippen molar-refractivity contribution in [2.24, 2.45) is 0 Å². The van der Waals surface area contributed by atoms with Crippen molar-refractivity contribution in [3.05, 3.63) is 151 Å². The molecular weight excluding hydrogens is 603 g/mol. The minimum atomic E-state index is -0.0596. The zero-order chi connectivity index (χ0) is 31.7. The van der Waals surface area contributed by atoms with Crippen molar-refractivity contribution in [2.75, 3.05) is 0 Å². The third-order valence-electron chi connectivity index (χ3n) is 10.8. The van der Waals surface area contributed by atoms with Gasteiger partial charge in [0, 0.05) is 58.4 Å². The van der Waals surface area contributed by atoms with E-state index in [9.17, 15) is 0 Å². The molecular formula is C45H29NOS. The molecule has 0 fully saturated rings. The number of thiophene rings is 1. The summed E-state index contributed by atoms with van der Waals surface area (Å²) in [5.41, 5.74) is 13.4. The van der Waals surface area contributed by atoms with E-state index in [1.54, 1.807) is 0 Å². The molecule has 0 spiro atoms. The van der Waals surface area contributed by atoms with E-state index in [2.05, 4.69) is 152 Å². The Hall–Kier alpha value is -5.64. The normalized spacial score (nSPS) is 13.8. The quantitative estimate of drug-likeness (QED) is 0.186. The fourth-order valence-electron chi connectivity index (χ4n) is 8.58. The van der Waals surface area contributed by atoms with E-state index < -0.39 is 0 Å². The zero-order valence-corrected chi connectivity index (χ0v) is 27.4. The molecule has 0 bridgehead atoms. The number of hydrogen-bond donors (Lipinski definition) is 0. The molecule has 0 amide bonds. The third kappa shape index (κ3) is 3.36. The number of fused-ring (bicyclic) bond motifs is 12. The fourth-order valence-corrected chi connectivity index (χ4v) is 9.74. The van der Waals surface area contributed by atoms with Gasteiger partial charge in [-0.15, -0.1) is 11.3 Å². The lowest BCUT2D eigenvalue weighted by molar-refractivity contribution is 0.661. The van der Waals surface area contributed by atoms with Gasteiger partial charge >= 0.3 is 0 Å². The highest BCUT2D eigenvalue weighted by atomic mass is 32.1. The van der Waals surface area contributed by atoms with E-state index in [0.29, 0.717) is 0 Å². The molecule has 226 valence electrons. The molecule has 2 nitrogen and oxygen atoms in total. The van der Waals surface area contributed by atoms with Crippen molar-refractivity contribution < 1.29 is 4.42 Å². The van der Waals surface area contributed by atoms with Gasteiger partial charge in [0.2, 0.25) is 0 Å². The molecule has 0 saturated carbocycles. The summed E-state index contributed by atoms with van der Waals surface area (Å²) >= 11 is 1.87. The van der Waals surface area contributed by atoms with E-state index in [4.69, 9.17) is 4.42 Å². The molecule has 0 unspecified atom stereocenters. The minimum absolute atomic E-state index is 0.0596. The highest BCUT2D eigenvalue weighted by Gasteiger charge is 2.36. The van der Waals surface area contributed by atoms with Gasteiger partial charge in [-0.2, -0.15) is 0 Å². The Kier molecular flexibility index (Phi) is 5.09. The molecule has 1 aliphatic rings. The Morgan fingerprint density at radius 2 is 1.25 bits per heavy atom. The average Bonchev–Trinajstić information content (AvgIpc) is 3.84. The van der Waals surface area contributed by atoms with Crippen molar-refractivity contribution in [2.45, 2.75) is 19.3 Å². The third-order valence-corrected chi connectivity index (χ3v) is 11.9. The van der Waals surface area contributed by atoms with Crippen LogP contribution in [0.5, 0.6) is 0 Å². The van der Waals surface area contributed by atoms with E-state index in [-0.39, 0.29) is 5.41 Å². The predicted molar refractivity (Wildman–Crippen MR) is 204 cm³/mol. The second-order valence-electron chi connectivity index (χ2n) is 13.7. The van der Waals surface area contributed by atoms with Crippen molar-refractivity contribution in [1.29, 1.82) is 0 Å². The first-order valence-corrected chi connectivity index (χ1v) is 17.4. The van der Waals surface area contributed by atoms with Crippen LogP contribution in [0.3, 0.4) is 0 Å². The summed E-state index contributed by atoms with van der Waals surface area (Å²) in [6.45, 7) is 4.73. The van der Waals surface area contributed by atoms with Gasteiger partial charge in [0.25, 0.3) is 0 Å². The molecule has 0 N–H and O–H groups in total. The molecule has 3 heterocycles. The molecule has 1 aliphatic carbocycles. The average molecular weight is 632 g/mol. The molecule has 0 atom stereocenters. The van der Waals surface area contributed by atoms with Crippen LogP contribution in [-0.2, 0) is 5.41 Å². The molecule has 0 saturated heterocycles. The first-order valence-electron chi connectivity index (χ1n) is 16.6. The summed E-state index contributed by atoms with van der Waals surface area (Å²) in [5.74, 6) is 0. The van der Waals surface area contributed by atoms with Gasteiger partial charge in [-0.25, -0.2) is 0 Å². The Bertz CT molecular complexity index is 2990. The van der Waals surface area contributed by atoms with Crippen molar-refractivity contribution in [3.8, 4) is 27.9 Å². The van der Waals surface area contributed by atoms with E-state index in [0.717, 1.165) is 27.5 Å². The maximum absolute atomic E-state index is 6.49. The molecule has 0 radical (unpaired) electrons. The Morgan fingerprint density at radius 1 is 0.500 bits per heavy atom. The van der Waals surface area contributed by atoms with Crippen molar-refractivity contribution in [1.82, 2.24) is 4.57 Å². The number of aromatic nitrogens is 1. The summed E-state index contributed by atoms with van der Waals surface area (Å²) in [5, 5.41) is 7.47. The lowest BCUT2D eigenvalue weighted by atomic mass is 9.82. The molecule has 0 aliphatic heterocycles. The molecule has 10 aromatic rings. The first-order chi connectivity index (χ1) is 23.6. The monoisotopic (exact) mass is 631 g/mol. The largest absolute Gasteiger partial charge is 0.455 e. The number of rotatable bonds is 2. The van der Waals surface area contributed by atoms with Gasteiger partial charge in [0.05, 0.1) is 11.0 Å². The topological polar surface area (TPSA) is 18.1 Å². The second kappa shape index (κ2) is 9.25. The first kappa shape index (κ1) is 26.4. The number of nitrogens with zero attached hydrogens (tertiary/aromatic N) is 1. The summed E-state index contributed by atoms with van der Waals surface area (Å²) in [4.78, 5) is 0. The summed E-state index contributed by atoms with van der Waals surface area (Å²) < 4.78 is 11.5. The Balaban J connectivity index is 1.15. The number of benzene rings is 7. The minimum Gasteiger partial charge on any atom is -0.455 e. The van der Waals surface area contributed by atoms with E-state index >= 15 is 0 Å². The van der Waals surface area contributed by atoms with Crippen LogP contribution in [0.4, 0.5) is 0 Å². The maximum atomic E-state index is 6.49. The lowest BCUT2D eigenvalue weighted by Crippen LogP contribution is -2.14. The molecule has 3 heteroatoms. The molecule has 7 aromatic carbocycles. The van der Waals surface area contributed by atoms with Crippen molar-refractivity contribution >= 4 is 75.3 Å². The maximum Gasteiger partial charge on any atom is 0.143 e. The standard InChI is InChI=1S/C45H29NOS/c1-45(2)36-17-6-3-11-27(36)34-24-35-28-12-4-7-18-38(28)46(39(35)25-37(34)45)26-21-22-33-42(23-26)48-41-20-10-14-30(43(33)41)32-16-9-15-31-29-13-5-8-19-40(29)47-44(31)32/h3-25H,1-2H3. The highest BCUT2D eigenvalue weighted by molar-refractivity contribution is 7.26. The van der Waals surface area contributed by atoms with Crippen LogP contribution < -0.4 is 0 Å². The van der Waals surface area contributed by atoms with Crippen LogP contribution >= 0.6 is 11.3 Å². The summed E-state index contributed by atoms with van der Waals surface area (Å²) in [7, 11) is 0. The van der Waals surface area contributed by atoms with Gasteiger partial charge in [-0.1, -0.05) is 111 Å². The number of furan rings is 1. The highest BCUT2D eigenvalue weighted by Crippen LogP contribution is 2.51. The predicted octanol–water partition coefficient (Wildman–Crippen LogP) is 13.0. The van der Waals surface area contributed by atoms with Crippen LogP contribution in [0.2, 0.25) is 0 Å².